The summed E-state index contributed by atoms with van der Waals surface area (Å²) in [6.07, 6.45) is 18.0. The van der Waals surface area contributed by atoms with Crippen LogP contribution in [-0.4, -0.2) is 60.8 Å². The molecule has 9 rings (SSSR count). The smallest absolute Gasteiger partial charge is 0.309 e. The van der Waals surface area contributed by atoms with E-state index in [1.165, 1.54) is 38.5 Å². The van der Waals surface area contributed by atoms with Gasteiger partial charge in [-0.15, -0.1) is 10.2 Å². The fourth-order valence-electron chi connectivity index (χ4n) is 17.1. The number of nitrogens with zero attached hydrogens (tertiary/aromatic N) is 4. The molecule has 2 saturated heterocycles. The topological polar surface area (TPSA) is 115 Å². The maximum absolute atomic E-state index is 15.7. The number of rotatable bonds is 8. The summed E-state index contributed by atoms with van der Waals surface area (Å²) in [5, 5.41) is 18.8. The first-order chi connectivity index (χ1) is 27.2. The molecule has 0 spiro atoms. The van der Waals surface area contributed by atoms with Gasteiger partial charge in [0.05, 0.1) is 17.3 Å². The zero-order valence-corrected chi connectivity index (χ0v) is 37.7. The number of ether oxygens (including phenoxy) is 1. The Labute approximate surface area is 349 Å². The van der Waals surface area contributed by atoms with Crippen LogP contribution in [0.1, 0.15) is 195 Å². The number of carbonyl (C=O) groups is 3. The zero-order valence-electron chi connectivity index (χ0n) is 37.7. The number of aryl methyl sites for hydroxylation is 1. The maximum atomic E-state index is 15.7. The van der Waals surface area contributed by atoms with Crippen molar-refractivity contribution in [3.8, 4) is 0 Å². The van der Waals surface area contributed by atoms with E-state index < -0.39 is 11.4 Å². The molecule has 2 unspecified atom stereocenters. The van der Waals surface area contributed by atoms with Crippen LogP contribution < -0.4 is 0 Å². The second-order valence-electron chi connectivity index (χ2n) is 23.9. The molecule has 9 nitrogen and oxygen atoms in total. The molecule has 2 aliphatic heterocycles. The minimum absolute atomic E-state index is 0.105. The standard InChI is InChI=1S/C49H76N4O5/c1-28(2)41-51-50-29(3)52(41)33-25-31-13-14-32(26-33)53(31)42(55)49-22-17-34(30-11-12-30)40(49)35-15-16-37-46(8)20-19-38(58-39(54)27-44(4,5)43(56)57)45(6,7)36(46)18-21-48(37,10)47(35,9)23-24-49/h28,30-38,40H,11-27H2,1-10H3,(H,56,57)/t31?,32?,33?,34-,35+,36-,37+,38-,40+,46-,47+,48+,49-/m0/s1. The quantitative estimate of drug-likeness (QED) is 0.260. The van der Waals surface area contributed by atoms with E-state index in [2.05, 4.69) is 75.1 Å². The van der Waals surface area contributed by atoms with E-state index in [0.717, 1.165) is 81.8 Å². The number of carbonyl (C=O) groups excluding carboxylic acids is 2. The third-order valence-corrected chi connectivity index (χ3v) is 20.2. The van der Waals surface area contributed by atoms with E-state index in [0.29, 0.717) is 59.5 Å². The van der Waals surface area contributed by atoms with E-state index >= 15 is 4.79 Å². The lowest BCUT2D eigenvalue weighted by atomic mass is 9.32. The molecule has 2 bridgehead atoms. The highest BCUT2D eigenvalue weighted by atomic mass is 16.5. The van der Waals surface area contributed by atoms with Crippen molar-refractivity contribution in [1.82, 2.24) is 19.7 Å². The number of piperidine rings is 1. The van der Waals surface area contributed by atoms with Crippen molar-refractivity contribution in [3.05, 3.63) is 11.6 Å². The van der Waals surface area contributed by atoms with Crippen LogP contribution in [0.3, 0.4) is 0 Å². The molecule has 8 aliphatic rings. The van der Waals surface area contributed by atoms with Gasteiger partial charge in [-0.05, 0) is 175 Å². The van der Waals surface area contributed by atoms with Crippen LogP contribution in [0, 0.1) is 74.9 Å². The molecule has 1 amide bonds. The summed E-state index contributed by atoms with van der Waals surface area (Å²) < 4.78 is 8.68. The normalized spacial score (nSPS) is 44.3. The average Bonchev–Trinajstić information content (AvgIpc) is 3.71. The molecule has 6 saturated carbocycles. The number of carboxylic acids is 1. The first-order valence-corrected chi connectivity index (χ1v) is 23.9. The lowest BCUT2D eigenvalue weighted by Crippen LogP contribution is -2.68. The Balaban J connectivity index is 0.971. The monoisotopic (exact) mass is 801 g/mol. The van der Waals surface area contributed by atoms with Gasteiger partial charge in [0.15, 0.2) is 0 Å². The van der Waals surface area contributed by atoms with Crippen molar-refractivity contribution in [1.29, 1.82) is 0 Å². The molecule has 1 aromatic heterocycles. The Morgan fingerprint density at radius 2 is 1.48 bits per heavy atom. The van der Waals surface area contributed by atoms with Gasteiger partial charge < -0.3 is 19.3 Å². The Hall–Kier alpha value is -2.45. The Morgan fingerprint density at radius 3 is 2.12 bits per heavy atom. The van der Waals surface area contributed by atoms with Gasteiger partial charge in [0, 0.05) is 29.5 Å². The van der Waals surface area contributed by atoms with Crippen LogP contribution >= 0.6 is 0 Å². The summed E-state index contributed by atoms with van der Waals surface area (Å²) in [6, 6.07) is 1.03. The fourth-order valence-corrected chi connectivity index (χ4v) is 17.1. The number of fused-ring (bicyclic) bond motifs is 9. The number of hydrogen-bond donors (Lipinski definition) is 1. The summed E-state index contributed by atoms with van der Waals surface area (Å²) >= 11 is 0. The van der Waals surface area contributed by atoms with Crippen molar-refractivity contribution in [2.75, 3.05) is 0 Å². The van der Waals surface area contributed by atoms with Gasteiger partial charge in [-0.2, -0.15) is 0 Å². The van der Waals surface area contributed by atoms with Gasteiger partial charge in [0.2, 0.25) is 5.91 Å². The Kier molecular flexibility index (Phi) is 9.54. The maximum Gasteiger partial charge on any atom is 0.309 e. The number of amides is 1. The first kappa shape index (κ1) is 40.9. The van der Waals surface area contributed by atoms with Gasteiger partial charge >= 0.3 is 11.9 Å². The molecule has 3 heterocycles. The minimum atomic E-state index is -1.14. The second-order valence-corrected chi connectivity index (χ2v) is 23.9. The van der Waals surface area contributed by atoms with Crippen LogP contribution in [0.5, 0.6) is 0 Å². The number of esters is 1. The van der Waals surface area contributed by atoms with Gasteiger partial charge in [-0.3, -0.25) is 14.4 Å². The SMILES string of the molecule is Cc1nnc(C(C)C)n1C1CC2CCC(C1)N2C(=O)[C@]12CC[C@@H](C3CC3)[C@@H]1[C@H]1CC[C@@H]3[C@@]4(C)CC[C@H](OC(=O)CC(C)(C)C(=O)O)C(C)(C)[C@@H]4CC[C@@]3(C)[C@]1(C)CC2. The molecule has 0 aromatic carbocycles. The van der Waals surface area contributed by atoms with Crippen molar-refractivity contribution in [2.45, 2.75) is 209 Å². The van der Waals surface area contributed by atoms with Crippen molar-refractivity contribution in [3.63, 3.8) is 0 Å². The minimum Gasteiger partial charge on any atom is -0.481 e. The Bertz CT molecular complexity index is 1820. The van der Waals surface area contributed by atoms with Crippen LogP contribution in [0.4, 0.5) is 0 Å². The largest absolute Gasteiger partial charge is 0.481 e. The van der Waals surface area contributed by atoms with Crippen LogP contribution in [0.25, 0.3) is 0 Å². The van der Waals surface area contributed by atoms with Crippen LogP contribution in [0.15, 0.2) is 0 Å². The molecule has 12 atom stereocenters. The molecular formula is C49H76N4O5. The van der Waals surface area contributed by atoms with E-state index in [-0.39, 0.29) is 45.6 Å². The lowest BCUT2D eigenvalue weighted by Gasteiger charge is -2.73. The summed E-state index contributed by atoms with van der Waals surface area (Å²) in [6.45, 7) is 22.4. The average molecular weight is 801 g/mol. The summed E-state index contributed by atoms with van der Waals surface area (Å²) in [4.78, 5) is 43.3. The molecule has 0 radical (unpaired) electrons. The van der Waals surface area contributed by atoms with E-state index in [4.69, 9.17) is 4.74 Å². The fraction of sp³-hybridized carbons (Fsp3) is 0.898. The third kappa shape index (κ3) is 5.74. The van der Waals surface area contributed by atoms with Gasteiger partial charge in [-0.25, -0.2) is 0 Å². The summed E-state index contributed by atoms with van der Waals surface area (Å²) in [5.41, 5.74) is -1.01. The molecule has 1 N–H and O–H groups in total. The van der Waals surface area contributed by atoms with Gasteiger partial charge in [0.1, 0.15) is 17.8 Å². The van der Waals surface area contributed by atoms with Gasteiger partial charge in [-0.1, -0.05) is 48.5 Å². The zero-order chi connectivity index (χ0) is 41.5. The predicted molar refractivity (Wildman–Crippen MR) is 224 cm³/mol. The number of hydrogen-bond acceptors (Lipinski definition) is 6. The molecule has 58 heavy (non-hydrogen) atoms. The van der Waals surface area contributed by atoms with Crippen LogP contribution in [-0.2, 0) is 19.1 Å². The molecule has 9 heteroatoms. The highest BCUT2D eigenvalue weighted by molar-refractivity contribution is 5.85. The van der Waals surface area contributed by atoms with E-state index in [1.54, 1.807) is 13.8 Å². The number of aliphatic carboxylic acids is 1. The lowest BCUT2D eigenvalue weighted by molar-refractivity contribution is -0.251. The van der Waals surface area contributed by atoms with Crippen molar-refractivity contribution in [2.24, 2.45) is 68.0 Å². The second kappa shape index (κ2) is 13.5. The molecule has 6 aliphatic carbocycles. The highest BCUT2D eigenvalue weighted by Crippen LogP contribution is 2.78. The van der Waals surface area contributed by atoms with E-state index in [9.17, 15) is 14.7 Å². The van der Waals surface area contributed by atoms with E-state index in [1.807, 2.05) is 0 Å². The first-order valence-electron chi connectivity index (χ1n) is 23.9. The third-order valence-electron chi connectivity index (χ3n) is 20.2. The van der Waals surface area contributed by atoms with Crippen LogP contribution in [0.2, 0.25) is 0 Å². The molecule has 1 aromatic rings. The van der Waals surface area contributed by atoms with Crippen molar-refractivity contribution >= 4 is 17.8 Å². The molecular weight excluding hydrogens is 725 g/mol. The van der Waals surface area contributed by atoms with Crippen molar-refractivity contribution < 1.29 is 24.2 Å². The highest BCUT2D eigenvalue weighted by Gasteiger charge is 2.73. The molecule has 322 valence electrons. The van der Waals surface area contributed by atoms with Gasteiger partial charge in [0.25, 0.3) is 0 Å². The summed E-state index contributed by atoms with van der Waals surface area (Å²) in [5.74, 6) is 5.28. The molecule has 8 fully saturated rings. The number of aromatic nitrogens is 3. The Morgan fingerprint density at radius 1 is 0.793 bits per heavy atom. The predicted octanol–water partition coefficient (Wildman–Crippen LogP) is 10.3. The number of carboxylic acid groups (broad SMARTS) is 1. The summed E-state index contributed by atoms with van der Waals surface area (Å²) in [7, 11) is 0.